The van der Waals surface area contributed by atoms with Crippen LogP contribution < -0.4 is 0 Å². The Hall–Kier alpha value is -1.42. The summed E-state index contributed by atoms with van der Waals surface area (Å²) in [6.07, 6.45) is 1.91. The maximum atomic E-state index is 11.3. The first kappa shape index (κ1) is 10.1. The number of aromatic nitrogens is 2. The Labute approximate surface area is 92.4 Å². The Kier molecular flexibility index (Phi) is 2.68. The predicted molar refractivity (Wildman–Crippen MR) is 60.4 cm³/mol. The van der Waals surface area contributed by atoms with Gasteiger partial charge in [-0.15, -0.1) is 11.3 Å². The monoisotopic (exact) mass is 220 g/mol. The highest BCUT2D eigenvalue weighted by Gasteiger charge is 2.07. The summed E-state index contributed by atoms with van der Waals surface area (Å²) in [4.78, 5) is 15.7. The van der Waals surface area contributed by atoms with Gasteiger partial charge in [0.2, 0.25) is 0 Å². The molecule has 0 atom stereocenters. The normalized spacial score (nSPS) is 10.5. The van der Waals surface area contributed by atoms with Gasteiger partial charge >= 0.3 is 0 Å². The molecule has 78 valence electrons. The second-order valence-corrected chi connectivity index (χ2v) is 4.40. The molecule has 0 amide bonds. The van der Waals surface area contributed by atoms with Gasteiger partial charge in [0.1, 0.15) is 5.01 Å². The topological polar surface area (TPSA) is 34.9 Å². The maximum Gasteiger partial charge on any atom is 0.176 e. The molecule has 3 nitrogen and oxygen atoms in total. The summed E-state index contributed by atoms with van der Waals surface area (Å²) < 4.78 is 1.93. The van der Waals surface area contributed by atoms with Crippen molar-refractivity contribution in [3.8, 4) is 0 Å². The van der Waals surface area contributed by atoms with Crippen molar-refractivity contribution in [2.24, 2.45) is 0 Å². The number of hydrogen-bond donors (Lipinski definition) is 0. The number of carbonyl (C=O) groups is 1. The molecule has 0 aromatic carbocycles. The molecule has 2 heterocycles. The minimum Gasteiger partial charge on any atom is -0.338 e. The van der Waals surface area contributed by atoms with Gasteiger partial charge in [-0.1, -0.05) is 0 Å². The highest BCUT2D eigenvalue weighted by molar-refractivity contribution is 7.09. The Morgan fingerprint density at radius 1 is 1.60 bits per heavy atom. The summed E-state index contributed by atoms with van der Waals surface area (Å²) in [5, 5.41) is 3.05. The SMILES string of the molecule is CC(=O)c1cccn1Cc1nc(C)cs1. The fourth-order valence-electron chi connectivity index (χ4n) is 1.49. The fourth-order valence-corrected chi connectivity index (χ4v) is 2.26. The highest BCUT2D eigenvalue weighted by Crippen LogP contribution is 2.12. The summed E-state index contributed by atoms with van der Waals surface area (Å²) in [5.41, 5.74) is 1.77. The van der Waals surface area contributed by atoms with Crippen molar-refractivity contribution in [2.45, 2.75) is 20.4 Å². The van der Waals surface area contributed by atoms with Crippen LogP contribution in [0.3, 0.4) is 0 Å². The van der Waals surface area contributed by atoms with E-state index in [2.05, 4.69) is 4.98 Å². The summed E-state index contributed by atoms with van der Waals surface area (Å²) >= 11 is 1.62. The zero-order chi connectivity index (χ0) is 10.8. The number of thiazole rings is 1. The maximum absolute atomic E-state index is 11.3. The number of hydrogen-bond acceptors (Lipinski definition) is 3. The van der Waals surface area contributed by atoms with Crippen molar-refractivity contribution in [1.82, 2.24) is 9.55 Å². The van der Waals surface area contributed by atoms with Crippen LogP contribution in [0.1, 0.15) is 28.1 Å². The standard InChI is InChI=1S/C11H12N2OS/c1-8-7-15-11(12-8)6-13-5-3-4-10(13)9(2)14/h3-5,7H,6H2,1-2H3. The summed E-state index contributed by atoms with van der Waals surface area (Å²) in [6.45, 7) is 4.24. The number of ketones is 1. The molecule has 2 rings (SSSR count). The molecule has 0 aliphatic rings. The van der Waals surface area contributed by atoms with E-state index < -0.39 is 0 Å². The summed E-state index contributed by atoms with van der Waals surface area (Å²) in [6, 6.07) is 3.72. The van der Waals surface area contributed by atoms with Crippen LogP contribution in [-0.4, -0.2) is 15.3 Å². The average molecular weight is 220 g/mol. The molecule has 0 fully saturated rings. The van der Waals surface area contributed by atoms with Crippen molar-refractivity contribution in [2.75, 3.05) is 0 Å². The van der Waals surface area contributed by atoms with E-state index >= 15 is 0 Å². The molecule has 0 N–H and O–H groups in total. The van der Waals surface area contributed by atoms with E-state index in [1.165, 1.54) is 0 Å². The Balaban J connectivity index is 2.24. The van der Waals surface area contributed by atoms with Crippen LogP contribution in [0.2, 0.25) is 0 Å². The van der Waals surface area contributed by atoms with E-state index in [0.717, 1.165) is 16.4 Å². The number of carbonyl (C=O) groups excluding carboxylic acids is 1. The molecule has 0 saturated heterocycles. The third-order valence-corrected chi connectivity index (χ3v) is 3.11. The van der Waals surface area contributed by atoms with Crippen LogP contribution in [0.25, 0.3) is 0 Å². The molecule has 2 aromatic heterocycles. The molecule has 0 unspecified atom stereocenters. The number of rotatable bonds is 3. The van der Waals surface area contributed by atoms with Gasteiger partial charge in [-0.25, -0.2) is 4.98 Å². The van der Waals surface area contributed by atoms with Gasteiger partial charge in [0.05, 0.1) is 12.2 Å². The lowest BCUT2D eigenvalue weighted by Crippen LogP contribution is -2.06. The van der Waals surface area contributed by atoms with Gasteiger partial charge in [-0.2, -0.15) is 0 Å². The first-order valence-corrected chi connectivity index (χ1v) is 5.62. The van der Waals surface area contributed by atoms with Crippen LogP contribution in [0.4, 0.5) is 0 Å². The van der Waals surface area contributed by atoms with Crippen molar-refractivity contribution < 1.29 is 4.79 Å². The lowest BCUT2D eigenvalue weighted by molar-refractivity contribution is 0.100. The van der Waals surface area contributed by atoms with Gasteiger partial charge in [-0.3, -0.25) is 4.79 Å². The smallest absolute Gasteiger partial charge is 0.176 e. The van der Waals surface area contributed by atoms with Crippen LogP contribution in [0.15, 0.2) is 23.7 Å². The largest absolute Gasteiger partial charge is 0.338 e. The third kappa shape index (κ3) is 2.15. The molecule has 0 bridgehead atoms. The molecule has 0 spiro atoms. The Morgan fingerprint density at radius 3 is 3.00 bits per heavy atom. The molecular weight excluding hydrogens is 208 g/mol. The van der Waals surface area contributed by atoms with Crippen LogP contribution >= 0.6 is 11.3 Å². The minimum absolute atomic E-state index is 0.0910. The third-order valence-electron chi connectivity index (χ3n) is 2.16. The van der Waals surface area contributed by atoms with Gasteiger partial charge in [0.15, 0.2) is 5.78 Å². The first-order valence-electron chi connectivity index (χ1n) is 4.74. The van der Waals surface area contributed by atoms with Gasteiger partial charge < -0.3 is 4.57 Å². The second-order valence-electron chi connectivity index (χ2n) is 3.46. The van der Waals surface area contributed by atoms with Crippen molar-refractivity contribution in [1.29, 1.82) is 0 Å². The summed E-state index contributed by atoms with van der Waals surface area (Å²) in [7, 11) is 0. The Bertz CT molecular complexity index is 484. The molecular formula is C11H12N2OS. The van der Waals surface area contributed by atoms with Crippen molar-refractivity contribution in [3.63, 3.8) is 0 Å². The van der Waals surface area contributed by atoms with E-state index in [0.29, 0.717) is 6.54 Å². The number of nitrogens with zero attached hydrogens (tertiary/aromatic N) is 2. The lowest BCUT2D eigenvalue weighted by Gasteiger charge is -2.03. The molecule has 0 radical (unpaired) electrons. The average Bonchev–Trinajstić information content (AvgIpc) is 2.75. The van der Waals surface area contributed by atoms with E-state index in [1.807, 2.05) is 35.2 Å². The molecule has 0 saturated carbocycles. The molecule has 0 aliphatic carbocycles. The Morgan fingerprint density at radius 2 is 2.40 bits per heavy atom. The molecule has 2 aromatic rings. The van der Waals surface area contributed by atoms with E-state index in [-0.39, 0.29) is 5.78 Å². The van der Waals surface area contributed by atoms with Crippen LogP contribution in [0, 0.1) is 6.92 Å². The molecule has 4 heteroatoms. The minimum atomic E-state index is 0.0910. The van der Waals surface area contributed by atoms with Crippen molar-refractivity contribution in [3.05, 3.63) is 40.1 Å². The second kappa shape index (κ2) is 3.98. The van der Waals surface area contributed by atoms with Crippen molar-refractivity contribution >= 4 is 17.1 Å². The number of aryl methyl sites for hydroxylation is 1. The van der Waals surface area contributed by atoms with Gasteiger partial charge in [0.25, 0.3) is 0 Å². The van der Waals surface area contributed by atoms with Crippen LogP contribution in [-0.2, 0) is 6.54 Å². The highest BCUT2D eigenvalue weighted by atomic mass is 32.1. The lowest BCUT2D eigenvalue weighted by atomic mass is 10.3. The molecule has 0 aliphatic heterocycles. The fraction of sp³-hybridized carbons (Fsp3) is 0.273. The quantitative estimate of drug-likeness (QED) is 0.745. The summed E-state index contributed by atoms with van der Waals surface area (Å²) in [5.74, 6) is 0.0910. The van der Waals surface area contributed by atoms with E-state index in [1.54, 1.807) is 18.3 Å². The predicted octanol–water partition coefficient (Wildman–Crippen LogP) is 2.50. The van der Waals surface area contributed by atoms with Gasteiger partial charge in [0, 0.05) is 24.2 Å². The zero-order valence-electron chi connectivity index (χ0n) is 8.73. The van der Waals surface area contributed by atoms with Gasteiger partial charge in [-0.05, 0) is 19.1 Å². The van der Waals surface area contributed by atoms with E-state index in [9.17, 15) is 4.79 Å². The zero-order valence-corrected chi connectivity index (χ0v) is 9.54. The number of Topliss-reactive ketones (excluding diaryl/α,β-unsaturated/α-hetero) is 1. The molecule has 15 heavy (non-hydrogen) atoms. The first-order chi connectivity index (χ1) is 7.16. The van der Waals surface area contributed by atoms with Crippen LogP contribution in [0.5, 0.6) is 0 Å². The van der Waals surface area contributed by atoms with E-state index in [4.69, 9.17) is 0 Å².